The maximum Gasteiger partial charge on any atom is 0.511 e. The highest BCUT2D eigenvalue weighted by Crippen LogP contribution is 2.57. The molecule has 9 atom stereocenters. The van der Waals surface area contributed by atoms with Crippen LogP contribution in [0.5, 0.6) is 0 Å². The van der Waals surface area contributed by atoms with Crippen molar-refractivity contribution in [2.75, 3.05) is 0 Å². The Balaban J connectivity index is 1.43. The van der Waals surface area contributed by atoms with Gasteiger partial charge in [0.2, 0.25) is 0 Å². The lowest BCUT2D eigenvalue weighted by atomic mass is 9.75. The lowest BCUT2D eigenvalue weighted by molar-refractivity contribution is -0.191. The zero-order chi connectivity index (χ0) is 19.3. The topological polar surface area (TPSA) is 61.8 Å². The molecule has 5 heteroatoms. The Morgan fingerprint density at radius 2 is 1.85 bits per heavy atom. The molecular formula is C22H34O5. The number of hydrogen-bond donors (Lipinski definition) is 0. The van der Waals surface area contributed by atoms with Crippen molar-refractivity contribution in [2.24, 2.45) is 41.4 Å². The van der Waals surface area contributed by atoms with Gasteiger partial charge < -0.3 is 14.2 Å². The van der Waals surface area contributed by atoms with Gasteiger partial charge in [0.05, 0.1) is 0 Å². The van der Waals surface area contributed by atoms with Crippen molar-refractivity contribution < 1.29 is 23.8 Å². The monoisotopic (exact) mass is 378 g/mol. The highest BCUT2D eigenvalue weighted by molar-refractivity contribution is 5.66. The summed E-state index contributed by atoms with van der Waals surface area (Å²) in [5.74, 6) is 3.17. The fraction of sp³-hybridized carbons (Fsp3) is 0.909. The average Bonchev–Trinajstić information content (AvgIpc) is 3.36. The summed E-state index contributed by atoms with van der Waals surface area (Å²) in [4.78, 5) is 24.4. The minimum atomic E-state index is -0.813. The largest absolute Gasteiger partial charge is 0.511 e. The van der Waals surface area contributed by atoms with Gasteiger partial charge in [0.1, 0.15) is 5.60 Å². The third-order valence-electron chi connectivity index (χ3n) is 8.60. The molecule has 5 nitrogen and oxygen atoms in total. The highest BCUT2D eigenvalue weighted by Gasteiger charge is 2.55. The summed E-state index contributed by atoms with van der Waals surface area (Å²) in [6.07, 6.45) is 5.97. The number of carbonyl (C=O) groups excluding carboxylic acids is 2. The molecule has 0 spiro atoms. The predicted molar refractivity (Wildman–Crippen MR) is 99.6 cm³/mol. The molecule has 27 heavy (non-hydrogen) atoms. The molecular weight excluding hydrogens is 344 g/mol. The van der Waals surface area contributed by atoms with Crippen molar-refractivity contribution in [1.82, 2.24) is 0 Å². The quantitative estimate of drug-likeness (QED) is 0.502. The van der Waals surface area contributed by atoms with Crippen LogP contribution in [0.25, 0.3) is 0 Å². The van der Waals surface area contributed by atoms with Crippen LogP contribution in [0.1, 0.15) is 72.6 Å². The van der Waals surface area contributed by atoms with E-state index in [9.17, 15) is 9.59 Å². The minimum absolute atomic E-state index is 0.0928. The van der Waals surface area contributed by atoms with Crippen molar-refractivity contribution in [3.05, 3.63) is 0 Å². The molecule has 4 saturated carbocycles. The molecule has 4 aliphatic rings. The lowest BCUT2D eigenvalue weighted by Crippen LogP contribution is -2.43. The third kappa shape index (κ3) is 3.25. The average molecular weight is 379 g/mol. The van der Waals surface area contributed by atoms with Crippen LogP contribution in [-0.2, 0) is 19.0 Å². The number of ether oxygens (including phenoxy) is 3. The Morgan fingerprint density at radius 1 is 1.07 bits per heavy atom. The van der Waals surface area contributed by atoms with E-state index in [4.69, 9.17) is 14.2 Å². The summed E-state index contributed by atoms with van der Waals surface area (Å²) in [5, 5.41) is 0. The van der Waals surface area contributed by atoms with Crippen molar-refractivity contribution in [3.8, 4) is 0 Å². The van der Waals surface area contributed by atoms with E-state index in [1.165, 1.54) is 13.3 Å². The van der Waals surface area contributed by atoms with Crippen LogP contribution in [0.3, 0.4) is 0 Å². The van der Waals surface area contributed by atoms with Crippen LogP contribution in [0.4, 0.5) is 4.79 Å². The summed E-state index contributed by atoms with van der Waals surface area (Å²) < 4.78 is 17.1. The van der Waals surface area contributed by atoms with Crippen LogP contribution in [0, 0.1) is 41.4 Å². The zero-order valence-corrected chi connectivity index (χ0v) is 17.1. The van der Waals surface area contributed by atoms with Gasteiger partial charge in [-0.2, -0.15) is 0 Å². The predicted octanol–water partition coefficient (Wildman–Crippen LogP) is 4.93. The van der Waals surface area contributed by atoms with Gasteiger partial charge in [-0.1, -0.05) is 20.8 Å². The second-order valence-corrected chi connectivity index (χ2v) is 9.72. The summed E-state index contributed by atoms with van der Waals surface area (Å²) in [5.41, 5.74) is -0.378. The van der Waals surface area contributed by atoms with Crippen molar-refractivity contribution >= 4 is 12.1 Å². The van der Waals surface area contributed by atoms with Gasteiger partial charge in [-0.05, 0) is 80.5 Å². The van der Waals surface area contributed by atoms with Crippen LogP contribution in [0.15, 0.2) is 0 Å². The van der Waals surface area contributed by atoms with E-state index in [2.05, 4.69) is 20.8 Å². The van der Waals surface area contributed by atoms with E-state index in [1.54, 1.807) is 0 Å². The standard InChI is InChI=1S/C22H34O5/c1-5-22(11-15-6-7-17(22)8-15)27-21(24)26-20(25-14(4)23)19-10-16-9-18(19)13(3)12(16)2/h12-13,15-20H,5-11H2,1-4H3/t12?,13?,15-,16?,17+,18?,19?,20?,22+/m0/s1. The van der Waals surface area contributed by atoms with Crippen LogP contribution < -0.4 is 0 Å². The normalized spacial score (nSPS) is 45.7. The maximum absolute atomic E-state index is 12.7. The summed E-state index contributed by atoms with van der Waals surface area (Å²) in [7, 11) is 0. The minimum Gasteiger partial charge on any atom is -0.427 e. The van der Waals surface area contributed by atoms with Crippen molar-refractivity contribution in [2.45, 2.75) is 84.5 Å². The maximum atomic E-state index is 12.7. The molecule has 0 amide bonds. The second-order valence-electron chi connectivity index (χ2n) is 9.72. The molecule has 0 aliphatic heterocycles. The Morgan fingerprint density at radius 3 is 2.37 bits per heavy atom. The molecule has 6 unspecified atom stereocenters. The molecule has 4 rings (SSSR count). The van der Waals surface area contributed by atoms with E-state index in [-0.39, 0.29) is 11.5 Å². The molecule has 0 aromatic carbocycles. The Kier molecular flexibility index (Phi) is 4.92. The first-order valence-electron chi connectivity index (χ1n) is 10.9. The first-order valence-corrected chi connectivity index (χ1v) is 10.9. The van der Waals surface area contributed by atoms with Crippen molar-refractivity contribution in [3.63, 3.8) is 0 Å². The molecule has 152 valence electrons. The van der Waals surface area contributed by atoms with Gasteiger partial charge >= 0.3 is 12.1 Å². The molecule has 0 radical (unpaired) electrons. The summed E-state index contributed by atoms with van der Waals surface area (Å²) in [6, 6.07) is 0. The smallest absolute Gasteiger partial charge is 0.427 e. The fourth-order valence-electron chi connectivity index (χ4n) is 6.98. The molecule has 0 aromatic rings. The van der Waals surface area contributed by atoms with Crippen LogP contribution in [-0.4, -0.2) is 24.0 Å². The number of rotatable bonds is 5. The van der Waals surface area contributed by atoms with Gasteiger partial charge in [0.25, 0.3) is 6.29 Å². The molecule has 4 aliphatic carbocycles. The first-order chi connectivity index (χ1) is 12.8. The van der Waals surface area contributed by atoms with Gasteiger partial charge in [-0.3, -0.25) is 4.79 Å². The van der Waals surface area contributed by atoms with E-state index in [0.29, 0.717) is 35.5 Å². The Labute approximate surface area is 162 Å². The SMILES string of the molecule is CC[C@@]1(OC(=O)OC(OC(C)=O)C2CC3CC2C(C)C3C)C[C@H]2CC[C@@H]1C2. The molecule has 0 aromatic heterocycles. The van der Waals surface area contributed by atoms with Gasteiger partial charge in [0.15, 0.2) is 0 Å². The van der Waals surface area contributed by atoms with E-state index in [0.717, 1.165) is 38.5 Å². The van der Waals surface area contributed by atoms with Crippen LogP contribution >= 0.6 is 0 Å². The molecule has 4 fully saturated rings. The lowest BCUT2D eigenvalue weighted by Gasteiger charge is -2.38. The molecule has 0 heterocycles. The third-order valence-corrected chi connectivity index (χ3v) is 8.60. The molecule has 0 saturated heterocycles. The number of hydrogen-bond acceptors (Lipinski definition) is 5. The van der Waals surface area contributed by atoms with E-state index < -0.39 is 18.4 Å². The number of esters is 1. The summed E-state index contributed by atoms with van der Waals surface area (Å²) >= 11 is 0. The number of carbonyl (C=O) groups is 2. The van der Waals surface area contributed by atoms with E-state index >= 15 is 0 Å². The Hall–Kier alpha value is -1.26. The summed E-state index contributed by atoms with van der Waals surface area (Å²) in [6.45, 7) is 8.05. The number of fused-ring (bicyclic) bond motifs is 4. The van der Waals surface area contributed by atoms with Gasteiger partial charge in [0, 0.05) is 12.8 Å². The molecule has 4 bridgehead atoms. The van der Waals surface area contributed by atoms with Gasteiger partial charge in [-0.15, -0.1) is 0 Å². The second kappa shape index (κ2) is 6.97. The molecule has 0 N–H and O–H groups in total. The van der Waals surface area contributed by atoms with Crippen LogP contribution in [0.2, 0.25) is 0 Å². The van der Waals surface area contributed by atoms with Crippen molar-refractivity contribution in [1.29, 1.82) is 0 Å². The highest BCUT2D eigenvalue weighted by atomic mass is 16.8. The Bertz CT molecular complexity index is 602. The van der Waals surface area contributed by atoms with Gasteiger partial charge in [-0.25, -0.2) is 4.79 Å². The fourth-order valence-corrected chi connectivity index (χ4v) is 6.98. The zero-order valence-electron chi connectivity index (χ0n) is 17.1. The first kappa shape index (κ1) is 19.1. The van der Waals surface area contributed by atoms with E-state index in [1.807, 2.05) is 0 Å².